The zero-order valence-electron chi connectivity index (χ0n) is 12.3. The molecule has 0 N–H and O–H groups in total. The normalized spacial score (nSPS) is 22.3. The number of halogens is 1. The van der Waals surface area contributed by atoms with Crippen molar-refractivity contribution in [3.8, 4) is 6.07 Å². The van der Waals surface area contributed by atoms with Crippen molar-refractivity contribution in [2.45, 2.75) is 45.1 Å². The van der Waals surface area contributed by atoms with Crippen LogP contribution in [0.25, 0.3) is 11.0 Å². The maximum absolute atomic E-state index is 9.15. The van der Waals surface area contributed by atoms with E-state index in [-0.39, 0.29) is 0 Å². The molecule has 0 radical (unpaired) electrons. The second kappa shape index (κ2) is 6.07. The Hall–Kier alpha value is -1.53. The van der Waals surface area contributed by atoms with Crippen LogP contribution in [0.5, 0.6) is 0 Å². The molecule has 1 heterocycles. The Bertz CT molecular complexity index is 683. The molecule has 1 aromatic heterocycles. The van der Waals surface area contributed by atoms with E-state index >= 15 is 0 Å². The summed E-state index contributed by atoms with van der Waals surface area (Å²) in [6.45, 7) is 2.33. The number of aromatic nitrogens is 2. The van der Waals surface area contributed by atoms with E-state index in [0.29, 0.717) is 17.5 Å². The summed E-state index contributed by atoms with van der Waals surface area (Å²) in [4.78, 5) is 4.75. The maximum Gasteiger partial charge on any atom is 0.111 e. The Balaban J connectivity index is 2.12. The van der Waals surface area contributed by atoms with Gasteiger partial charge in [0.05, 0.1) is 22.7 Å². The lowest BCUT2D eigenvalue weighted by atomic mass is 9.86. The van der Waals surface area contributed by atoms with Crippen molar-refractivity contribution < 1.29 is 0 Å². The van der Waals surface area contributed by atoms with Gasteiger partial charge in [0.1, 0.15) is 5.82 Å². The van der Waals surface area contributed by atoms with Crippen molar-refractivity contribution in [3.63, 3.8) is 0 Å². The van der Waals surface area contributed by atoms with Gasteiger partial charge in [0, 0.05) is 18.3 Å². The van der Waals surface area contributed by atoms with E-state index < -0.39 is 0 Å². The second-order valence-corrected chi connectivity index (χ2v) is 6.46. The van der Waals surface area contributed by atoms with Gasteiger partial charge in [-0.3, -0.25) is 0 Å². The summed E-state index contributed by atoms with van der Waals surface area (Å²) in [5.41, 5.74) is 2.77. The number of nitriles is 1. The van der Waals surface area contributed by atoms with Crippen LogP contribution in [0.2, 0.25) is 0 Å². The van der Waals surface area contributed by atoms with Crippen molar-refractivity contribution in [1.29, 1.82) is 5.26 Å². The lowest BCUT2D eigenvalue weighted by Gasteiger charge is -2.29. The Morgan fingerprint density at radius 3 is 3.00 bits per heavy atom. The minimum atomic E-state index is 0.492. The fourth-order valence-corrected chi connectivity index (χ4v) is 3.69. The molecule has 3 nitrogen and oxygen atoms in total. The molecule has 4 heteroatoms. The smallest absolute Gasteiger partial charge is 0.111 e. The lowest BCUT2D eigenvalue weighted by molar-refractivity contribution is 0.283. The summed E-state index contributed by atoms with van der Waals surface area (Å²) in [5, 5.41) is 9.15. The summed E-state index contributed by atoms with van der Waals surface area (Å²) < 4.78 is 2.36. The summed E-state index contributed by atoms with van der Waals surface area (Å²) in [5.74, 6) is 2.40. The van der Waals surface area contributed by atoms with E-state index in [2.05, 4.69) is 17.6 Å². The quantitative estimate of drug-likeness (QED) is 0.786. The van der Waals surface area contributed by atoms with Gasteiger partial charge in [0.15, 0.2) is 0 Å². The molecule has 0 saturated heterocycles. The van der Waals surface area contributed by atoms with Gasteiger partial charge in [0.25, 0.3) is 0 Å². The van der Waals surface area contributed by atoms with Crippen LogP contribution >= 0.6 is 11.6 Å². The van der Waals surface area contributed by atoms with Crippen LogP contribution in [-0.2, 0) is 6.42 Å². The summed E-state index contributed by atoms with van der Waals surface area (Å²) in [6, 6.07) is 8.49. The Morgan fingerprint density at radius 2 is 2.29 bits per heavy atom. The van der Waals surface area contributed by atoms with Crippen molar-refractivity contribution in [3.05, 3.63) is 29.6 Å². The molecule has 3 rings (SSSR count). The van der Waals surface area contributed by atoms with Gasteiger partial charge >= 0.3 is 0 Å². The first-order chi connectivity index (χ1) is 10.2. The number of hydrogen-bond acceptors (Lipinski definition) is 2. The van der Waals surface area contributed by atoms with Gasteiger partial charge in [0.2, 0.25) is 0 Å². The highest BCUT2D eigenvalue weighted by molar-refractivity contribution is 6.17. The highest BCUT2D eigenvalue weighted by atomic mass is 35.5. The van der Waals surface area contributed by atoms with Crippen molar-refractivity contribution in [2.75, 3.05) is 5.88 Å². The Labute approximate surface area is 130 Å². The molecule has 0 aliphatic heterocycles. The zero-order valence-corrected chi connectivity index (χ0v) is 13.1. The SMILES string of the molecule is CC1CCCC(n2c(CCCl)nc3ccc(C#N)cc32)C1. The number of nitrogens with zero attached hydrogens (tertiary/aromatic N) is 3. The molecular formula is C17H20ClN3. The summed E-state index contributed by atoms with van der Waals surface area (Å²) in [6.07, 6.45) is 5.75. The fraction of sp³-hybridized carbons (Fsp3) is 0.529. The van der Waals surface area contributed by atoms with Crippen molar-refractivity contribution in [1.82, 2.24) is 9.55 Å². The first kappa shape index (κ1) is 14.4. The van der Waals surface area contributed by atoms with Gasteiger partial charge in [-0.25, -0.2) is 4.98 Å². The molecule has 1 aliphatic rings. The molecule has 0 bridgehead atoms. The number of fused-ring (bicyclic) bond motifs is 1. The van der Waals surface area contributed by atoms with Crippen LogP contribution in [0.15, 0.2) is 18.2 Å². The minimum Gasteiger partial charge on any atom is -0.325 e. The maximum atomic E-state index is 9.15. The largest absolute Gasteiger partial charge is 0.325 e. The Morgan fingerprint density at radius 1 is 1.43 bits per heavy atom. The topological polar surface area (TPSA) is 41.6 Å². The van der Waals surface area contributed by atoms with Gasteiger partial charge in [-0.1, -0.05) is 19.8 Å². The van der Waals surface area contributed by atoms with Crippen LogP contribution in [-0.4, -0.2) is 15.4 Å². The predicted molar refractivity (Wildman–Crippen MR) is 85.5 cm³/mol. The molecule has 2 aromatic rings. The van der Waals surface area contributed by atoms with Gasteiger partial charge in [-0.2, -0.15) is 5.26 Å². The molecule has 2 atom stereocenters. The fourth-order valence-electron chi connectivity index (χ4n) is 3.52. The van der Waals surface area contributed by atoms with E-state index in [1.807, 2.05) is 18.2 Å². The van der Waals surface area contributed by atoms with Crippen molar-refractivity contribution >= 4 is 22.6 Å². The molecule has 1 aromatic carbocycles. The van der Waals surface area contributed by atoms with Crippen LogP contribution in [0.3, 0.4) is 0 Å². The zero-order chi connectivity index (χ0) is 14.8. The molecule has 0 spiro atoms. The van der Waals surface area contributed by atoms with E-state index in [1.165, 1.54) is 25.7 Å². The molecule has 0 amide bonds. The molecule has 1 saturated carbocycles. The molecule has 21 heavy (non-hydrogen) atoms. The van der Waals surface area contributed by atoms with Crippen LogP contribution < -0.4 is 0 Å². The monoisotopic (exact) mass is 301 g/mol. The first-order valence-corrected chi connectivity index (χ1v) is 8.23. The van der Waals surface area contributed by atoms with Crippen LogP contribution in [0.4, 0.5) is 0 Å². The minimum absolute atomic E-state index is 0.492. The second-order valence-electron chi connectivity index (χ2n) is 6.08. The van der Waals surface area contributed by atoms with Gasteiger partial charge in [-0.05, 0) is 37.0 Å². The average molecular weight is 302 g/mol. The first-order valence-electron chi connectivity index (χ1n) is 7.70. The number of rotatable bonds is 3. The van der Waals surface area contributed by atoms with Crippen LogP contribution in [0, 0.1) is 17.2 Å². The predicted octanol–water partition coefficient (Wildman–Crippen LogP) is 4.44. The van der Waals surface area contributed by atoms with E-state index in [4.69, 9.17) is 21.8 Å². The molecule has 110 valence electrons. The standard InChI is InChI=1S/C17H20ClN3/c1-12-3-2-4-14(9-12)21-16-10-13(11-19)5-6-15(16)20-17(21)7-8-18/h5-6,10,12,14H,2-4,7-9H2,1H3. The average Bonchev–Trinajstić information content (AvgIpc) is 2.84. The van der Waals surface area contributed by atoms with Crippen LogP contribution in [0.1, 0.15) is 50.0 Å². The number of aryl methyl sites for hydroxylation is 1. The van der Waals surface area contributed by atoms with Gasteiger partial charge < -0.3 is 4.57 Å². The summed E-state index contributed by atoms with van der Waals surface area (Å²) in [7, 11) is 0. The Kier molecular flexibility index (Phi) is 4.17. The number of alkyl halides is 1. The highest BCUT2D eigenvalue weighted by Crippen LogP contribution is 2.35. The summed E-state index contributed by atoms with van der Waals surface area (Å²) >= 11 is 5.96. The van der Waals surface area contributed by atoms with E-state index in [0.717, 1.165) is 29.2 Å². The molecular weight excluding hydrogens is 282 g/mol. The molecule has 1 aliphatic carbocycles. The molecule has 2 unspecified atom stereocenters. The third kappa shape index (κ3) is 2.78. The highest BCUT2D eigenvalue weighted by Gasteiger charge is 2.24. The number of hydrogen-bond donors (Lipinski definition) is 0. The van der Waals surface area contributed by atoms with Crippen molar-refractivity contribution in [2.24, 2.45) is 5.92 Å². The molecule has 1 fully saturated rings. The number of benzene rings is 1. The third-order valence-electron chi connectivity index (χ3n) is 4.48. The van der Waals surface area contributed by atoms with Gasteiger partial charge in [-0.15, -0.1) is 11.6 Å². The van der Waals surface area contributed by atoms with E-state index in [1.54, 1.807) is 0 Å². The van der Waals surface area contributed by atoms with E-state index in [9.17, 15) is 0 Å². The number of imidazole rings is 1. The third-order valence-corrected chi connectivity index (χ3v) is 4.67. The lowest BCUT2D eigenvalue weighted by Crippen LogP contribution is -2.19.